The van der Waals surface area contributed by atoms with Gasteiger partial charge in [0.2, 0.25) is 0 Å². The summed E-state index contributed by atoms with van der Waals surface area (Å²) in [6.45, 7) is 12.9. The van der Waals surface area contributed by atoms with E-state index in [4.69, 9.17) is 0 Å². The summed E-state index contributed by atoms with van der Waals surface area (Å²) in [5, 5.41) is 0. The van der Waals surface area contributed by atoms with Crippen LogP contribution in [0.4, 0.5) is 5.69 Å². The fourth-order valence-corrected chi connectivity index (χ4v) is 5.08. The predicted octanol–water partition coefficient (Wildman–Crippen LogP) is 8.23. The molecule has 3 heteroatoms. The third kappa shape index (κ3) is 6.92. The van der Waals surface area contributed by atoms with E-state index in [1.165, 1.54) is 37.8 Å². The fraction of sp³-hybridized carbons (Fsp3) is 0.667. The molecule has 0 bridgehead atoms. The van der Waals surface area contributed by atoms with Crippen molar-refractivity contribution in [2.75, 3.05) is 11.4 Å². The molecule has 0 aliphatic heterocycles. The zero-order chi connectivity index (χ0) is 20.0. The van der Waals surface area contributed by atoms with E-state index in [1.807, 2.05) is 0 Å². The zero-order valence-corrected chi connectivity index (χ0v) is 20.9. The maximum Gasteiger partial charge on any atom is 0.0369 e. The van der Waals surface area contributed by atoms with Gasteiger partial charge in [-0.25, -0.2) is 0 Å². The Balaban J connectivity index is 2.29. The largest absolute Gasteiger partial charge is 0.368 e. The molecule has 27 heavy (non-hydrogen) atoms. The maximum atomic E-state index is 3.80. The molecular weight excluding hydrogens is 462 g/mol. The summed E-state index contributed by atoms with van der Waals surface area (Å²) in [4.78, 5) is 3.28. The highest BCUT2D eigenvalue weighted by atomic mass is 79.9. The number of allylic oxidation sites excluding steroid dienone is 1. The Kier molecular flexibility index (Phi) is 9.41. The monoisotopic (exact) mass is 497 g/mol. The van der Waals surface area contributed by atoms with Gasteiger partial charge in [0, 0.05) is 27.6 Å². The van der Waals surface area contributed by atoms with E-state index in [0.29, 0.717) is 22.7 Å². The summed E-state index contributed by atoms with van der Waals surface area (Å²) < 4.78 is 1.16. The molecule has 0 N–H and O–H groups in total. The van der Waals surface area contributed by atoms with Crippen LogP contribution >= 0.6 is 31.9 Å². The molecular formula is C24H37Br2N. The van der Waals surface area contributed by atoms with E-state index in [-0.39, 0.29) is 0 Å². The lowest BCUT2D eigenvalue weighted by atomic mass is 9.89. The number of alkyl halides is 1. The quantitative estimate of drug-likeness (QED) is 0.257. The standard InChI is InChI=1S/C24H37Br2N/c1-6-20-8-12-23(11-7-18(20)4)27(24-13-9-22(26)10-14-24)16-21(17(2)3)15-19(5)25/h8-10,13-14,17-19,21,23H,6-7,11-12,15-16H2,1-5H3/t18-,19+,21?,23?/m1/s1. The minimum Gasteiger partial charge on any atom is -0.368 e. The highest BCUT2D eigenvalue weighted by molar-refractivity contribution is 9.10. The molecule has 2 rings (SSSR count). The number of rotatable bonds is 8. The topological polar surface area (TPSA) is 3.24 Å². The third-order valence-corrected chi connectivity index (χ3v) is 7.13. The Hall–Kier alpha value is -0.280. The van der Waals surface area contributed by atoms with Crippen molar-refractivity contribution in [3.63, 3.8) is 0 Å². The van der Waals surface area contributed by atoms with Crippen molar-refractivity contribution in [1.29, 1.82) is 0 Å². The minimum absolute atomic E-state index is 0.567. The highest BCUT2D eigenvalue weighted by Crippen LogP contribution is 2.33. The van der Waals surface area contributed by atoms with Gasteiger partial charge in [0.1, 0.15) is 0 Å². The van der Waals surface area contributed by atoms with Crippen LogP contribution in [0.5, 0.6) is 0 Å². The van der Waals surface area contributed by atoms with E-state index in [2.05, 4.69) is 102 Å². The smallest absolute Gasteiger partial charge is 0.0369 e. The van der Waals surface area contributed by atoms with E-state index in [9.17, 15) is 0 Å². The van der Waals surface area contributed by atoms with Crippen LogP contribution in [0.2, 0.25) is 0 Å². The Morgan fingerprint density at radius 2 is 1.78 bits per heavy atom. The molecule has 4 atom stereocenters. The number of anilines is 1. The average molecular weight is 499 g/mol. The number of hydrogen-bond acceptors (Lipinski definition) is 1. The lowest BCUT2D eigenvalue weighted by Crippen LogP contribution is -2.40. The van der Waals surface area contributed by atoms with Crippen LogP contribution in [0.25, 0.3) is 0 Å². The molecule has 0 spiro atoms. The molecule has 1 nitrogen and oxygen atoms in total. The first kappa shape index (κ1) is 23.0. The Labute approximate surface area is 184 Å². The van der Waals surface area contributed by atoms with Crippen LogP contribution in [-0.2, 0) is 0 Å². The van der Waals surface area contributed by atoms with E-state index in [0.717, 1.165) is 16.9 Å². The van der Waals surface area contributed by atoms with Gasteiger partial charge in [-0.2, -0.15) is 0 Å². The molecule has 0 aromatic heterocycles. The van der Waals surface area contributed by atoms with Crippen molar-refractivity contribution in [1.82, 2.24) is 0 Å². The Morgan fingerprint density at radius 3 is 2.33 bits per heavy atom. The summed E-state index contributed by atoms with van der Waals surface area (Å²) in [6, 6.07) is 9.55. The lowest BCUT2D eigenvalue weighted by Gasteiger charge is -2.38. The second-order valence-electron chi connectivity index (χ2n) is 8.65. The number of halogens is 2. The van der Waals surface area contributed by atoms with Crippen LogP contribution in [0, 0.1) is 17.8 Å². The first-order valence-electron chi connectivity index (χ1n) is 10.7. The summed E-state index contributed by atoms with van der Waals surface area (Å²) >= 11 is 7.40. The molecule has 152 valence electrons. The number of nitrogens with zero attached hydrogens (tertiary/aromatic N) is 1. The van der Waals surface area contributed by atoms with E-state index >= 15 is 0 Å². The molecule has 0 radical (unpaired) electrons. The van der Waals surface area contributed by atoms with Gasteiger partial charge in [0.05, 0.1) is 0 Å². The average Bonchev–Trinajstić information content (AvgIpc) is 2.80. The first-order valence-corrected chi connectivity index (χ1v) is 12.4. The molecule has 1 aliphatic carbocycles. The minimum atomic E-state index is 0.567. The summed E-state index contributed by atoms with van der Waals surface area (Å²) in [6.07, 6.45) is 8.74. The molecule has 2 unspecified atom stereocenters. The van der Waals surface area contributed by atoms with Crippen LogP contribution < -0.4 is 4.90 Å². The van der Waals surface area contributed by atoms with Crippen molar-refractivity contribution < 1.29 is 0 Å². The normalized spacial score (nSPS) is 22.9. The number of benzene rings is 1. The van der Waals surface area contributed by atoms with Gasteiger partial charge < -0.3 is 4.90 Å². The van der Waals surface area contributed by atoms with Crippen molar-refractivity contribution in [2.24, 2.45) is 17.8 Å². The van der Waals surface area contributed by atoms with Gasteiger partial charge in [-0.15, -0.1) is 0 Å². The molecule has 0 saturated carbocycles. The van der Waals surface area contributed by atoms with Crippen molar-refractivity contribution in [3.05, 3.63) is 40.4 Å². The van der Waals surface area contributed by atoms with Crippen LogP contribution in [0.3, 0.4) is 0 Å². The lowest BCUT2D eigenvalue weighted by molar-refractivity contribution is 0.345. The van der Waals surface area contributed by atoms with Crippen LogP contribution in [0.1, 0.15) is 66.7 Å². The van der Waals surface area contributed by atoms with Gasteiger partial charge in [0.15, 0.2) is 0 Å². The predicted molar refractivity (Wildman–Crippen MR) is 128 cm³/mol. The van der Waals surface area contributed by atoms with E-state index < -0.39 is 0 Å². The summed E-state index contributed by atoms with van der Waals surface area (Å²) in [7, 11) is 0. The molecule has 0 heterocycles. The zero-order valence-electron chi connectivity index (χ0n) is 17.7. The molecule has 0 fully saturated rings. The second kappa shape index (κ2) is 11.0. The van der Waals surface area contributed by atoms with Crippen LogP contribution in [0.15, 0.2) is 40.4 Å². The maximum absolute atomic E-state index is 3.80. The molecule has 0 amide bonds. The molecule has 0 saturated heterocycles. The van der Waals surface area contributed by atoms with Crippen molar-refractivity contribution in [3.8, 4) is 0 Å². The summed E-state index contributed by atoms with van der Waals surface area (Å²) in [5.74, 6) is 2.11. The first-order chi connectivity index (χ1) is 12.8. The molecule has 1 aromatic rings. The van der Waals surface area contributed by atoms with Gasteiger partial charge in [-0.1, -0.05) is 78.1 Å². The number of hydrogen-bond donors (Lipinski definition) is 0. The Morgan fingerprint density at radius 1 is 1.11 bits per heavy atom. The second-order valence-corrected chi connectivity index (χ2v) is 11.1. The molecule has 1 aliphatic rings. The van der Waals surface area contributed by atoms with Crippen molar-refractivity contribution in [2.45, 2.75) is 77.6 Å². The van der Waals surface area contributed by atoms with E-state index in [1.54, 1.807) is 5.57 Å². The molecule has 1 aromatic carbocycles. The van der Waals surface area contributed by atoms with Gasteiger partial charge in [-0.3, -0.25) is 0 Å². The van der Waals surface area contributed by atoms with Gasteiger partial charge in [0.25, 0.3) is 0 Å². The Bertz CT molecular complexity index is 591. The van der Waals surface area contributed by atoms with Crippen molar-refractivity contribution >= 4 is 37.5 Å². The third-order valence-electron chi connectivity index (χ3n) is 6.23. The summed E-state index contributed by atoms with van der Waals surface area (Å²) in [5.41, 5.74) is 3.03. The van der Waals surface area contributed by atoms with Crippen LogP contribution in [-0.4, -0.2) is 17.4 Å². The van der Waals surface area contributed by atoms with Gasteiger partial charge in [-0.05, 0) is 74.1 Å². The SMILES string of the molecule is CCC1=CCC(N(CC(C[C@H](C)Br)C(C)C)c2ccc(Br)cc2)CC[C@H]1C. The van der Waals surface area contributed by atoms with Gasteiger partial charge >= 0.3 is 0 Å². The fourth-order valence-electron chi connectivity index (χ4n) is 4.34. The highest BCUT2D eigenvalue weighted by Gasteiger charge is 2.27.